The van der Waals surface area contributed by atoms with Crippen LogP contribution in [0.5, 0.6) is 0 Å². The summed E-state index contributed by atoms with van der Waals surface area (Å²) in [5.41, 5.74) is 6.13. The highest BCUT2D eigenvalue weighted by atomic mass is 16.6. The normalized spacial score (nSPS) is 11.9. The molecule has 1 atom stereocenters. The van der Waals surface area contributed by atoms with Gasteiger partial charge in [-0.3, -0.25) is 14.9 Å². The Morgan fingerprint density at radius 2 is 2.26 bits per heavy atom. The molecule has 0 heterocycles. The Morgan fingerprint density at radius 1 is 1.53 bits per heavy atom. The molecule has 1 aromatic carbocycles. The van der Waals surface area contributed by atoms with Gasteiger partial charge in [0.25, 0.3) is 5.69 Å². The first-order valence-electron chi connectivity index (χ1n) is 6.32. The largest absolute Gasteiger partial charge is 0.349 e. The summed E-state index contributed by atoms with van der Waals surface area (Å²) in [7, 11) is 0. The molecule has 1 aromatic rings. The van der Waals surface area contributed by atoms with Gasteiger partial charge in [0, 0.05) is 18.6 Å². The summed E-state index contributed by atoms with van der Waals surface area (Å²) in [4.78, 5) is 22.0. The number of nitrogens with zero attached hydrogens (tertiary/aromatic N) is 1. The molecule has 0 aromatic heterocycles. The highest BCUT2D eigenvalue weighted by molar-refractivity contribution is 5.76. The van der Waals surface area contributed by atoms with E-state index >= 15 is 0 Å². The molecule has 0 aliphatic heterocycles. The molecule has 1 rings (SSSR count). The zero-order valence-corrected chi connectivity index (χ0v) is 11.0. The Balaban J connectivity index is 2.76. The van der Waals surface area contributed by atoms with Crippen LogP contribution in [0.3, 0.4) is 0 Å². The number of hydrogen-bond donors (Lipinski definition) is 2. The van der Waals surface area contributed by atoms with Crippen molar-refractivity contribution in [2.24, 2.45) is 5.73 Å². The van der Waals surface area contributed by atoms with Crippen molar-refractivity contribution in [2.45, 2.75) is 32.2 Å². The van der Waals surface area contributed by atoms with Crippen LogP contribution in [0, 0.1) is 10.1 Å². The van der Waals surface area contributed by atoms with Gasteiger partial charge in [0.05, 0.1) is 11.0 Å². The van der Waals surface area contributed by atoms with Crippen LogP contribution in [0.1, 0.15) is 37.8 Å². The minimum Gasteiger partial charge on any atom is -0.349 e. The van der Waals surface area contributed by atoms with E-state index in [1.54, 1.807) is 12.1 Å². The predicted octanol–water partition coefficient (Wildman–Crippen LogP) is 1.90. The zero-order valence-electron chi connectivity index (χ0n) is 11.0. The van der Waals surface area contributed by atoms with Gasteiger partial charge in [0.1, 0.15) is 0 Å². The third-order valence-electron chi connectivity index (χ3n) is 2.83. The number of nitrogens with one attached hydrogen (secondary N) is 1. The molecule has 6 heteroatoms. The maximum absolute atomic E-state index is 11.7. The van der Waals surface area contributed by atoms with E-state index in [1.165, 1.54) is 12.1 Å². The second-order valence-electron chi connectivity index (χ2n) is 4.27. The highest BCUT2D eigenvalue weighted by Gasteiger charge is 2.15. The minimum atomic E-state index is -0.438. The maximum Gasteiger partial charge on any atom is 0.269 e. The number of nitro groups is 1. The number of benzene rings is 1. The van der Waals surface area contributed by atoms with Crippen LogP contribution in [-0.4, -0.2) is 17.4 Å². The number of nitro benzene ring substituents is 1. The van der Waals surface area contributed by atoms with Crippen LogP contribution in [0.25, 0.3) is 0 Å². The van der Waals surface area contributed by atoms with E-state index in [1.807, 2.05) is 6.92 Å². The number of nitrogens with two attached hydrogens (primary N) is 1. The van der Waals surface area contributed by atoms with Crippen LogP contribution in [0.4, 0.5) is 5.69 Å². The van der Waals surface area contributed by atoms with Gasteiger partial charge in [0.15, 0.2) is 0 Å². The lowest BCUT2D eigenvalue weighted by Gasteiger charge is -2.17. The molecule has 0 bridgehead atoms. The molecule has 0 radical (unpaired) electrons. The lowest BCUT2D eigenvalue weighted by molar-refractivity contribution is -0.384. The van der Waals surface area contributed by atoms with E-state index in [0.29, 0.717) is 25.8 Å². The summed E-state index contributed by atoms with van der Waals surface area (Å²) in [5, 5.41) is 13.6. The van der Waals surface area contributed by atoms with E-state index in [-0.39, 0.29) is 17.6 Å². The molecule has 0 spiro atoms. The molecule has 1 amide bonds. The van der Waals surface area contributed by atoms with Gasteiger partial charge in [0.2, 0.25) is 5.91 Å². The molecule has 0 fully saturated rings. The SMILES string of the molecule is CCC(NC(=O)CCCN)c1cccc([N+](=O)[O-])c1. The fourth-order valence-electron chi connectivity index (χ4n) is 1.81. The second kappa shape index (κ2) is 7.48. The fourth-order valence-corrected chi connectivity index (χ4v) is 1.81. The zero-order chi connectivity index (χ0) is 14.3. The molecular weight excluding hydrogens is 246 g/mol. The average Bonchev–Trinajstić information content (AvgIpc) is 2.42. The van der Waals surface area contributed by atoms with Crippen molar-refractivity contribution in [3.05, 3.63) is 39.9 Å². The molecule has 1 unspecified atom stereocenters. The third-order valence-corrected chi connectivity index (χ3v) is 2.83. The Morgan fingerprint density at radius 3 is 2.84 bits per heavy atom. The second-order valence-corrected chi connectivity index (χ2v) is 4.27. The molecule has 104 valence electrons. The van der Waals surface area contributed by atoms with E-state index in [2.05, 4.69) is 5.32 Å². The van der Waals surface area contributed by atoms with Crippen molar-refractivity contribution < 1.29 is 9.72 Å². The lowest BCUT2D eigenvalue weighted by atomic mass is 10.0. The van der Waals surface area contributed by atoms with Gasteiger partial charge >= 0.3 is 0 Å². The molecule has 0 aliphatic rings. The highest BCUT2D eigenvalue weighted by Crippen LogP contribution is 2.21. The van der Waals surface area contributed by atoms with Crippen LogP contribution in [0.15, 0.2) is 24.3 Å². The number of rotatable bonds is 7. The first kappa shape index (κ1) is 15.1. The van der Waals surface area contributed by atoms with Crippen molar-refractivity contribution >= 4 is 11.6 Å². The number of hydrogen-bond acceptors (Lipinski definition) is 4. The van der Waals surface area contributed by atoms with Gasteiger partial charge in [-0.25, -0.2) is 0 Å². The lowest BCUT2D eigenvalue weighted by Crippen LogP contribution is -2.28. The van der Waals surface area contributed by atoms with Crippen LogP contribution < -0.4 is 11.1 Å². The van der Waals surface area contributed by atoms with Crippen molar-refractivity contribution in [3.63, 3.8) is 0 Å². The summed E-state index contributed by atoms with van der Waals surface area (Å²) in [5.74, 6) is -0.0798. The van der Waals surface area contributed by atoms with E-state index < -0.39 is 4.92 Å². The fraction of sp³-hybridized carbons (Fsp3) is 0.462. The van der Waals surface area contributed by atoms with Gasteiger partial charge < -0.3 is 11.1 Å². The topological polar surface area (TPSA) is 98.3 Å². The molecule has 6 nitrogen and oxygen atoms in total. The molecule has 19 heavy (non-hydrogen) atoms. The summed E-state index contributed by atoms with van der Waals surface area (Å²) >= 11 is 0. The van der Waals surface area contributed by atoms with E-state index in [0.717, 1.165) is 5.56 Å². The van der Waals surface area contributed by atoms with Crippen molar-refractivity contribution in [2.75, 3.05) is 6.54 Å². The Labute approximate surface area is 112 Å². The smallest absolute Gasteiger partial charge is 0.269 e. The molecular formula is C13H19N3O3. The Hall–Kier alpha value is -1.95. The minimum absolute atomic E-state index is 0.0344. The summed E-state index contributed by atoms with van der Waals surface area (Å²) < 4.78 is 0. The van der Waals surface area contributed by atoms with Crippen LogP contribution in [0.2, 0.25) is 0 Å². The van der Waals surface area contributed by atoms with E-state index in [4.69, 9.17) is 5.73 Å². The summed E-state index contributed by atoms with van der Waals surface area (Å²) in [6.07, 6.45) is 1.69. The summed E-state index contributed by atoms with van der Waals surface area (Å²) in [6.45, 7) is 2.40. The first-order chi connectivity index (χ1) is 9.08. The number of non-ortho nitro benzene ring substituents is 1. The third kappa shape index (κ3) is 4.67. The van der Waals surface area contributed by atoms with Crippen LogP contribution >= 0.6 is 0 Å². The number of amides is 1. The standard InChI is InChI=1S/C13H19N3O3/c1-2-12(15-13(17)7-4-8-14)10-5-3-6-11(9-10)16(18)19/h3,5-6,9,12H,2,4,7-8,14H2,1H3,(H,15,17). The van der Waals surface area contributed by atoms with Crippen LogP contribution in [-0.2, 0) is 4.79 Å². The quantitative estimate of drug-likeness (QED) is 0.581. The number of carbonyl (C=O) groups is 1. The van der Waals surface area contributed by atoms with Gasteiger partial charge in [-0.1, -0.05) is 19.1 Å². The monoisotopic (exact) mass is 265 g/mol. The van der Waals surface area contributed by atoms with Gasteiger partial charge in [-0.15, -0.1) is 0 Å². The van der Waals surface area contributed by atoms with Crippen molar-refractivity contribution in [3.8, 4) is 0 Å². The first-order valence-corrected chi connectivity index (χ1v) is 6.32. The Bertz CT molecular complexity index is 449. The molecule has 0 saturated carbocycles. The summed E-state index contributed by atoms with van der Waals surface area (Å²) in [6, 6.07) is 6.14. The number of carbonyl (C=O) groups excluding carboxylic acids is 1. The Kier molecular flexibility index (Phi) is 5.95. The molecule has 0 saturated heterocycles. The van der Waals surface area contributed by atoms with Crippen molar-refractivity contribution in [1.82, 2.24) is 5.32 Å². The van der Waals surface area contributed by atoms with Crippen molar-refractivity contribution in [1.29, 1.82) is 0 Å². The maximum atomic E-state index is 11.7. The predicted molar refractivity (Wildman–Crippen MR) is 72.6 cm³/mol. The molecule has 0 aliphatic carbocycles. The van der Waals surface area contributed by atoms with Gasteiger partial charge in [-0.2, -0.15) is 0 Å². The average molecular weight is 265 g/mol. The van der Waals surface area contributed by atoms with E-state index in [9.17, 15) is 14.9 Å². The van der Waals surface area contributed by atoms with Gasteiger partial charge in [-0.05, 0) is 24.9 Å². The molecule has 3 N–H and O–H groups in total.